The number of hydrogen-bond acceptors (Lipinski definition) is 5. The van der Waals surface area contributed by atoms with E-state index in [9.17, 15) is 4.79 Å². The molecule has 0 spiro atoms. The Hall–Kier alpha value is -1.66. The topological polar surface area (TPSA) is 58.4 Å². The van der Waals surface area contributed by atoms with Gasteiger partial charge in [-0.25, -0.2) is 4.98 Å². The zero-order chi connectivity index (χ0) is 19.6. The zero-order valence-electron chi connectivity index (χ0n) is 17.0. The van der Waals surface area contributed by atoms with Crippen LogP contribution in [0.5, 0.6) is 0 Å². The molecule has 0 aromatic carbocycles. The van der Waals surface area contributed by atoms with E-state index in [2.05, 4.69) is 42.9 Å². The third-order valence-corrected chi connectivity index (χ3v) is 6.19. The number of nitrogens with one attached hydrogen (secondary N) is 1. The molecule has 1 aliphatic rings. The van der Waals surface area contributed by atoms with Crippen LogP contribution in [0.2, 0.25) is 0 Å². The van der Waals surface area contributed by atoms with Crippen molar-refractivity contribution >= 4 is 17.2 Å². The standard InChI is InChI=1S/C21H31N3O2S/c1-14-8-15(2)11-24(10-14)21(4,5)13-22-19(25)9-17-12-27-20(23-17)18-7-6-16(3)26-18/h6-7,12,14-15H,8-11,13H2,1-5H3,(H,22,25). The van der Waals surface area contributed by atoms with Crippen molar-refractivity contribution in [3.8, 4) is 10.8 Å². The van der Waals surface area contributed by atoms with E-state index in [-0.39, 0.29) is 11.4 Å². The largest absolute Gasteiger partial charge is 0.459 e. The number of aromatic nitrogens is 1. The fourth-order valence-corrected chi connectivity index (χ4v) is 4.64. The van der Waals surface area contributed by atoms with Gasteiger partial charge in [-0.05, 0) is 51.2 Å². The molecule has 3 rings (SSSR count). The Morgan fingerprint density at radius 3 is 2.67 bits per heavy atom. The van der Waals surface area contributed by atoms with E-state index in [1.54, 1.807) is 0 Å². The quantitative estimate of drug-likeness (QED) is 0.807. The molecule has 1 aliphatic heterocycles. The van der Waals surface area contributed by atoms with Crippen LogP contribution in [0.25, 0.3) is 10.8 Å². The summed E-state index contributed by atoms with van der Waals surface area (Å²) >= 11 is 1.51. The lowest BCUT2D eigenvalue weighted by atomic mass is 9.88. The van der Waals surface area contributed by atoms with Crippen molar-refractivity contribution in [3.63, 3.8) is 0 Å². The highest BCUT2D eigenvalue weighted by molar-refractivity contribution is 7.13. The van der Waals surface area contributed by atoms with Gasteiger partial charge in [0, 0.05) is 30.6 Å². The number of hydrogen-bond donors (Lipinski definition) is 1. The van der Waals surface area contributed by atoms with E-state index in [1.807, 2.05) is 24.4 Å². The van der Waals surface area contributed by atoms with E-state index >= 15 is 0 Å². The first-order valence-electron chi connectivity index (χ1n) is 9.76. The normalized spacial score (nSPS) is 21.4. The smallest absolute Gasteiger partial charge is 0.226 e. The number of rotatable bonds is 6. The van der Waals surface area contributed by atoms with Crippen molar-refractivity contribution in [1.82, 2.24) is 15.2 Å². The van der Waals surface area contributed by atoms with Gasteiger partial charge < -0.3 is 9.73 Å². The summed E-state index contributed by atoms with van der Waals surface area (Å²) in [6, 6.07) is 3.84. The molecule has 2 atom stereocenters. The number of aryl methyl sites for hydroxylation is 1. The van der Waals surface area contributed by atoms with Crippen LogP contribution < -0.4 is 5.32 Å². The van der Waals surface area contributed by atoms with Crippen molar-refractivity contribution in [2.45, 2.75) is 53.0 Å². The van der Waals surface area contributed by atoms with Crippen LogP contribution in [0.1, 0.15) is 45.6 Å². The molecule has 2 aromatic heterocycles. The van der Waals surface area contributed by atoms with Crippen LogP contribution in [-0.4, -0.2) is 41.0 Å². The molecule has 148 valence electrons. The lowest BCUT2D eigenvalue weighted by molar-refractivity contribution is -0.121. The van der Waals surface area contributed by atoms with Crippen LogP contribution in [0.3, 0.4) is 0 Å². The molecular weight excluding hydrogens is 358 g/mol. The second-order valence-corrected chi connectivity index (χ2v) is 9.53. The van der Waals surface area contributed by atoms with Gasteiger partial charge in [-0.2, -0.15) is 0 Å². The van der Waals surface area contributed by atoms with Gasteiger partial charge >= 0.3 is 0 Å². The van der Waals surface area contributed by atoms with Crippen LogP contribution in [0.4, 0.5) is 0 Å². The van der Waals surface area contributed by atoms with Crippen LogP contribution in [-0.2, 0) is 11.2 Å². The molecular formula is C21H31N3O2S. The molecule has 1 amide bonds. The van der Waals surface area contributed by atoms with Crippen molar-refractivity contribution in [2.75, 3.05) is 19.6 Å². The van der Waals surface area contributed by atoms with E-state index in [4.69, 9.17) is 4.42 Å². The van der Waals surface area contributed by atoms with Gasteiger partial charge in [0.1, 0.15) is 5.76 Å². The van der Waals surface area contributed by atoms with Gasteiger partial charge in [0.2, 0.25) is 5.91 Å². The molecule has 0 bridgehead atoms. The summed E-state index contributed by atoms with van der Waals surface area (Å²) < 4.78 is 5.61. The first kappa shape index (κ1) is 20.1. The summed E-state index contributed by atoms with van der Waals surface area (Å²) in [6.07, 6.45) is 1.60. The predicted octanol–water partition coefficient (Wildman–Crippen LogP) is 4.13. The third kappa shape index (κ3) is 5.20. The average molecular weight is 390 g/mol. The van der Waals surface area contributed by atoms with Gasteiger partial charge in [0.05, 0.1) is 12.1 Å². The number of piperidine rings is 1. The maximum Gasteiger partial charge on any atom is 0.226 e. The molecule has 1 N–H and O–H groups in total. The van der Waals surface area contributed by atoms with Crippen LogP contribution in [0, 0.1) is 18.8 Å². The fourth-order valence-electron chi connectivity index (χ4n) is 3.86. The lowest BCUT2D eigenvalue weighted by Gasteiger charge is -2.45. The van der Waals surface area contributed by atoms with Crippen LogP contribution in [0.15, 0.2) is 21.9 Å². The Labute approximate surface area is 166 Å². The van der Waals surface area contributed by atoms with E-state index in [1.165, 1.54) is 17.8 Å². The Balaban J connectivity index is 1.53. The molecule has 27 heavy (non-hydrogen) atoms. The van der Waals surface area contributed by atoms with Crippen molar-refractivity contribution < 1.29 is 9.21 Å². The summed E-state index contributed by atoms with van der Waals surface area (Å²) in [7, 11) is 0. The molecule has 1 fully saturated rings. The monoisotopic (exact) mass is 389 g/mol. The first-order chi connectivity index (χ1) is 12.7. The SMILES string of the molecule is Cc1ccc(-c2nc(CC(=O)NCC(C)(C)N3CC(C)CC(C)C3)cs2)o1. The predicted molar refractivity (Wildman–Crippen MR) is 110 cm³/mol. The van der Waals surface area contributed by atoms with Gasteiger partial charge in [-0.3, -0.25) is 9.69 Å². The molecule has 5 nitrogen and oxygen atoms in total. The maximum absolute atomic E-state index is 12.4. The van der Waals surface area contributed by atoms with Crippen molar-refractivity contribution in [3.05, 3.63) is 29.0 Å². The Bertz CT molecular complexity index is 770. The molecule has 2 aromatic rings. The van der Waals surface area contributed by atoms with Crippen molar-refractivity contribution in [1.29, 1.82) is 0 Å². The van der Waals surface area contributed by atoms with E-state index < -0.39 is 0 Å². The summed E-state index contributed by atoms with van der Waals surface area (Å²) in [5.41, 5.74) is 0.747. The Morgan fingerprint density at radius 2 is 2.04 bits per heavy atom. The Kier molecular flexibility index (Phi) is 6.06. The molecule has 3 heterocycles. The lowest BCUT2D eigenvalue weighted by Crippen LogP contribution is -2.56. The number of furan rings is 1. The van der Waals surface area contributed by atoms with Gasteiger partial charge in [-0.15, -0.1) is 11.3 Å². The minimum Gasteiger partial charge on any atom is -0.459 e. The van der Waals surface area contributed by atoms with E-state index in [0.717, 1.165) is 35.3 Å². The molecule has 0 saturated carbocycles. The third-order valence-electron chi connectivity index (χ3n) is 5.29. The number of likely N-dealkylation sites (tertiary alicyclic amines) is 1. The summed E-state index contributed by atoms with van der Waals surface area (Å²) in [4.78, 5) is 19.5. The van der Waals surface area contributed by atoms with Gasteiger partial charge in [-0.1, -0.05) is 13.8 Å². The molecule has 2 unspecified atom stereocenters. The number of amides is 1. The minimum absolute atomic E-state index is 0.0219. The molecule has 0 aliphatic carbocycles. The Morgan fingerprint density at radius 1 is 1.33 bits per heavy atom. The highest BCUT2D eigenvalue weighted by atomic mass is 32.1. The van der Waals surface area contributed by atoms with Gasteiger partial charge in [0.25, 0.3) is 0 Å². The highest BCUT2D eigenvalue weighted by Crippen LogP contribution is 2.27. The fraction of sp³-hybridized carbons (Fsp3) is 0.619. The molecule has 0 radical (unpaired) electrons. The average Bonchev–Trinajstić information content (AvgIpc) is 3.21. The maximum atomic E-state index is 12.4. The second kappa shape index (κ2) is 8.15. The summed E-state index contributed by atoms with van der Waals surface area (Å²) in [5, 5.41) is 5.87. The molecule has 1 saturated heterocycles. The summed E-state index contributed by atoms with van der Waals surface area (Å²) in [5.74, 6) is 3.07. The first-order valence-corrected chi connectivity index (χ1v) is 10.6. The molecule has 6 heteroatoms. The number of thiazole rings is 1. The van der Waals surface area contributed by atoms with Gasteiger partial charge in [0.15, 0.2) is 10.8 Å². The minimum atomic E-state index is -0.0441. The zero-order valence-corrected chi connectivity index (χ0v) is 17.9. The van der Waals surface area contributed by atoms with Crippen molar-refractivity contribution in [2.24, 2.45) is 11.8 Å². The summed E-state index contributed by atoms with van der Waals surface area (Å²) in [6.45, 7) is 13.8. The number of carbonyl (C=O) groups excluding carboxylic acids is 1. The number of nitrogens with zero attached hydrogens (tertiary/aromatic N) is 2. The number of carbonyl (C=O) groups is 1. The highest BCUT2D eigenvalue weighted by Gasteiger charge is 2.32. The second-order valence-electron chi connectivity index (χ2n) is 8.67. The van der Waals surface area contributed by atoms with Crippen LogP contribution >= 0.6 is 11.3 Å². The van der Waals surface area contributed by atoms with E-state index in [0.29, 0.717) is 24.8 Å².